The highest BCUT2D eigenvalue weighted by atomic mass is 16.6. The molecular formula is C17H26O4. The molecule has 1 aromatic rings. The highest BCUT2D eigenvalue weighted by molar-refractivity contribution is 5.71. The molecular weight excluding hydrogens is 268 g/mol. The molecule has 0 aliphatic carbocycles. The molecule has 0 atom stereocenters. The Hall–Kier alpha value is -1.55. The van der Waals surface area contributed by atoms with Gasteiger partial charge in [-0.2, -0.15) is 0 Å². The summed E-state index contributed by atoms with van der Waals surface area (Å²) < 4.78 is 16.0. The third-order valence-electron chi connectivity index (χ3n) is 3.07. The molecule has 0 aromatic heterocycles. The summed E-state index contributed by atoms with van der Waals surface area (Å²) in [6.45, 7) is 9.59. The molecule has 4 heteroatoms. The van der Waals surface area contributed by atoms with Crippen LogP contribution >= 0.6 is 0 Å². The van der Waals surface area contributed by atoms with Crippen molar-refractivity contribution in [3.05, 3.63) is 28.8 Å². The van der Waals surface area contributed by atoms with E-state index in [0.29, 0.717) is 13.2 Å². The van der Waals surface area contributed by atoms with Crippen LogP contribution in [0.15, 0.2) is 12.1 Å². The van der Waals surface area contributed by atoms with Gasteiger partial charge in [0.05, 0.1) is 13.2 Å². The Labute approximate surface area is 127 Å². The molecule has 0 saturated carbocycles. The zero-order chi connectivity index (χ0) is 15.7. The van der Waals surface area contributed by atoms with Crippen molar-refractivity contribution in [1.29, 1.82) is 0 Å². The normalized spacial score (nSPS) is 10.5. The molecule has 0 amide bonds. The summed E-state index contributed by atoms with van der Waals surface area (Å²) in [5, 5.41) is 0. The fraction of sp³-hybridized carbons (Fsp3) is 0.588. The fourth-order valence-electron chi connectivity index (χ4n) is 2.12. The van der Waals surface area contributed by atoms with Crippen molar-refractivity contribution >= 4 is 5.97 Å². The molecule has 1 aromatic carbocycles. The number of hydrogen-bond acceptors (Lipinski definition) is 4. The lowest BCUT2D eigenvalue weighted by Gasteiger charge is -2.14. The first kappa shape index (κ1) is 17.5. The maximum Gasteiger partial charge on any atom is 0.344 e. The summed E-state index contributed by atoms with van der Waals surface area (Å²) in [6, 6.07) is 4.08. The van der Waals surface area contributed by atoms with Gasteiger partial charge in [0, 0.05) is 6.61 Å². The Morgan fingerprint density at radius 2 is 1.81 bits per heavy atom. The first-order valence-electron chi connectivity index (χ1n) is 7.54. The predicted molar refractivity (Wildman–Crippen MR) is 82.6 cm³/mol. The van der Waals surface area contributed by atoms with Gasteiger partial charge in [0.15, 0.2) is 6.61 Å². The molecule has 21 heavy (non-hydrogen) atoms. The van der Waals surface area contributed by atoms with Gasteiger partial charge < -0.3 is 14.2 Å². The Balaban J connectivity index is 2.60. The van der Waals surface area contributed by atoms with Crippen molar-refractivity contribution in [2.75, 3.05) is 19.8 Å². The summed E-state index contributed by atoms with van der Waals surface area (Å²) in [4.78, 5) is 11.3. The van der Waals surface area contributed by atoms with Gasteiger partial charge in [-0.3, -0.25) is 0 Å². The number of esters is 1. The van der Waals surface area contributed by atoms with Crippen molar-refractivity contribution in [3.63, 3.8) is 0 Å². The topological polar surface area (TPSA) is 44.8 Å². The van der Waals surface area contributed by atoms with Crippen molar-refractivity contribution in [3.8, 4) is 5.75 Å². The molecule has 0 radical (unpaired) electrons. The first-order valence-corrected chi connectivity index (χ1v) is 7.54. The fourth-order valence-corrected chi connectivity index (χ4v) is 2.12. The molecule has 1 rings (SSSR count). The maximum absolute atomic E-state index is 11.3. The van der Waals surface area contributed by atoms with E-state index in [-0.39, 0.29) is 12.6 Å². The van der Waals surface area contributed by atoms with Crippen molar-refractivity contribution in [2.45, 2.75) is 47.1 Å². The molecule has 118 valence electrons. The second kappa shape index (κ2) is 9.40. The molecule has 0 bridgehead atoms. The van der Waals surface area contributed by atoms with Gasteiger partial charge in [0.25, 0.3) is 0 Å². The van der Waals surface area contributed by atoms with E-state index in [9.17, 15) is 4.79 Å². The number of unbranched alkanes of at least 4 members (excludes halogenated alkanes) is 1. The molecule has 0 saturated heterocycles. The third-order valence-corrected chi connectivity index (χ3v) is 3.07. The Bertz CT molecular complexity index is 431. The van der Waals surface area contributed by atoms with Gasteiger partial charge in [-0.1, -0.05) is 25.5 Å². The lowest BCUT2D eigenvalue weighted by atomic mass is 10.1. The highest BCUT2D eigenvalue weighted by Gasteiger charge is 2.09. The summed E-state index contributed by atoms with van der Waals surface area (Å²) >= 11 is 0. The smallest absolute Gasteiger partial charge is 0.344 e. The summed E-state index contributed by atoms with van der Waals surface area (Å²) in [5.74, 6) is 0.406. The van der Waals surface area contributed by atoms with E-state index in [0.717, 1.165) is 41.9 Å². The Morgan fingerprint density at radius 1 is 1.14 bits per heavy atom. The van der Waals surface area contributed by atoms with E-state index >= 15 is 0 Å². The van der Waals surface area contributed by atoms with Crippen LogP contribution in [0.25, 0.3) is 0 Å². The zero-order valence-corrected chi connectivity index (χ0v) is 13.5. The van der Waals surface area contributed by atoms with Gasteiger partial charge in [0.2, 0.25) is 0 Å². The van der Waals surface area contributed by atoms with E-state index in [2.05, 4.69) is 6.92 Å². The van der Waals surface area contributed by atoms with Crippen molar-refractivity contribution < 1.29 is 19.0 Å². The maximum atomic E-state index is 11.3. The van der Waals surface area contributed by atoms with Gasteiger partial charge >= 0.3 is 5.97 Å². The van der Waals surface area contributed by atoms with Crippen LogP contribution in [0.5, 0.6) is 5.75 Å². The lowest BCUT2D eigenvalue weighted by Crippen LogP contribution is -2.15. The molecule has 0 aliphatic rings. The summed E-state index contributed by atoms with van der Waals surface area (Å²) in [5.41, 5.74) is 3.14. The van der Waals surface area contributed by atoms with Crippen LogP contribution in [0.3, 0.4) is 0 Å². The summed E-state index contributed by atoms with van der Waals surface area (Å²) in [7, 11) is 0. The molecule has 0 fully saturated rings. The Morgan fingerprint density at radius 3 is 2.38 bits per heavy atom. The lowest BCUT2D eigenvalue weighted by molar-refractivity contribution is -0.145. The van der Waals surface area contributed by atoms with E-state index < -0.39 is 0 Å². The van der Waals surface area contributed by atoms with Crippen LogP contribution in [0.1, 0.15) is 43.4 Å². The second-order valence-corrected chi connectivity index (χ2v) is 5.06. The zero-order valence-electron chi connectivity index (χ0n) is 13.5. The monoisotopic (exact) mass is 294 g/mol. The predicted octanol–water partition coefficient (Wildman–Crippen LogP) is 3.56. The molecule has 0 heterocycles. The largest absolute Gasteiger partial charge is 0.481 e. The van der Waals surface area contributed by atoms with Crippen LogP contribution in [0.2, 0.25) is 0 Å². The minimum Gasteiger partial charge on any atom is -0.481 e. The average molecular weight is 294 g/mol. The number of rotatable bonds is 9. The minimum absolute atomic E-state index is 0.0537. The standard InChI is InChI=1S/C17H26O4/c1-5-7-8-19-11-15-9-13(3)17(14(4)10-15)21-12-16(18)20-6-2/h9-10H,5-8,11-12H2,1-4H3. The van der Waals surface area contributed by atoms with Gasteiger partial charge in [-0.05, 0) is 43.9 Å². The van der Waals surface area contributed by atoms with Crippen molar-refractivity contribution in [1.82, 2.24) is 0 Å². The molecule has 0 aliphatic heterocycles. The van der Waals surface area contributed by atoms with Gasteiger partial charge in [-0.25, -0.2) is 4.79 Å². The number of hydrogen-bond donors (Lipinski definition) is 0. The molecule has 0 N–H and O–H groups in total. The van der Waals surface area contributed by atoms with E-state index in [1.807, 2.05) is 26.0 Å². The van der Waals surface area contributed by atoms with Gasteiger partial charge in [0.1, 0.15) is 5.75 Å². The number of ether oxygens (including phenoxy) is 3. The van der Waals surface area contributed by atoms with E-state index in [4.69, 9.17) is 14.2 Å². The first-order chi connectivity index (χ1) is 10.1. The highest BCUT2D eigenvalue weighted by Crippen LogP contribution is 2.25. The minimum atomic E-state index is -0.344. The van der Waals surface area contributed by atoms with E-state index in [1.165, 1.54) is 0 Å². The average Bonchev–Trinajstić information content (AvgIpc) is 2.43. The van der Waals surface area contributed by atoms with E-state index in [1.54, 1.807) is 6.92 Å². The van der Waals surface area contributed by atoms with Crippen LogP contribution < -0.4 is 4.74 Å². The number of carbonyl (C=O) groups is 1. The third kappa shape index (κ3) is 6.17. The van der Waals surface area contributed by atoms with Crippen LogP contribution in [-0.4, -0.2) is 25.8 Å². The second-order valence-electron chi connectivity index (χ2n) is 5.06. The molecule has 4 nitrogen and oxygen atoms in total. The number of carbonyl (C=O) groups excluding carboxylic acids is 1. The Kier molecular flexibility index (Phi) is 7.83. The quantitative estimate of drug-likeness (QED) is 0.516. The number of benzene rings is 1. The molecule has 0 spiro atoms. The van der Waals surface area contributed by atoms with Crippen LogP contribution in [0.4, 0.5) is 0 Å². The van der Waals surface area contributed by atoms with Crippen LogP contribution in [-0.2, 0) is 20.9 Å². The van der Waals surface area contributed by atoms with Gasteiger partial charge in [-0.15, -0.1) is 0 Å². The SMILES string of the molecule is CCCCOCc1cc(C)c(OCC(=O)OCC)c(C)c1. The number of aryl methyl sites for hydroxylation is 2. The summed E-state index contributed by atoms with van der Waals surface area (Å²) in [6.07, 6.45) is 2.22. The van der Waals surface area contributed by atoms with Crippen molar-refractivity contribution in [2.24, 2.45) is 0 Å². The molecule has 0 unspecified atom stereocenters. The van der Waals surface area contributed by atoms with Crippen LogP contribution in [0, 0.1) is 13.8 Å².